The Bertz CT molecular complexity index is 392. The summed E-state index contributed by atoms with van der Waals surface area (Å²) in [5, 5.41) is 2.11. The highest BCUT2D eigenvalue weighted by atomic mass is 35.5. The molecule has 0 fully saturated rings. The number of hydrogen-bond acceptors (Lipinski definition) is 2. The molecule has 0 saturated heterocycles. The van der Waals surface area contributed by atoms with Crippen molar-refractivity contribution in [3.05, 3.63) is 34.3 Å². The monoisotopic (exact) mass is 225 g/mol. The number of benzene rings is 1. The number of amides is 1. The number of nitrogens with zero attached hydrogens (tertiary/aromatic N) is 1. The number of rotatable bonds is 1. The average Bonchev–Trinajstić information content (AvgIpc) is 2.27. The van der Waals surface area contributed by atoms with Crippen LogP contribution in [-0.4, -0.2) is 11.0 Å². The predicted molar refractivity (Wildman–Crippen MR) is 57.1 cm³/mol. The van der Waals surface area contributed by atoms with E-state index in [9.17, 15) is 4.79 Å². The summed E-state index contributed by atoms with van der Waals surface area (Å²) in [5.74, 6) is 0.00981. The Morgan fingerprint density at radius 2 is 2.33 bits per heavy atom. The first kappa shape index (κ1) is 10.5. The Morgan fingerprint density at radius 1 is 1.53 bits per heavy atom. The fourth-order valence-corrected chi connectivity index (χ4v) is 1.76. The zero-order valence-corrected chi connectivity index (χ0v) is 9.25. The molecule has 1 aromatic carbocycles. The maximum atomic E-state index is 11.4. The van der Waals surface area contributed by atoms with E-state index in [2.05, 4.69) is 0 Å². The Morgan fingerprint density at radius 3 is 3.07 bits per heavy atom. The third kappa shape index (κ3) is 2.13. The SMILES string of the molecule is CCC(=O)N1Cc2ccc(Cl)cc2CO1. The minimum atomic E-state index is 0.00981. The van der Waals surface area contributed by atoms with Crippen molar-refractivity contribution in [3.8, 4) is 0 Å². The number of carbonyl (C=O) groups is 1. The van der Waals surface area contributed by atoms with Gasteiger partial charge in [-0.2, -0.15) is 0 Å². The van der Waals surface area contributed by atoms with Crippen LogP contribution in [0, 0.1) is 0 Å². The van der Waals surface area contributed by atoms with Crippen molar-refractivity contribution < 1.29 is 9.63 Å². The molecule has 0 aromatic heterocycles. The van der Waals surface area contributed by atoms with Crippen molar-refractivity contribution in [2.45, 2.75) is 26.5 Å². The lowest BCUT2D eigenvalue weighted by Gasteiger charge is -2.27. The molecule has 2 rings (SSSR count). The summed E-state index contributed by atoms with van der Waals surface area (Å²) < 4.78 is 0. The minimum Gasteiger partial charge on any atom is -0.273 e. The maximum Gasteiger partial charge on any atom is 0.246 e. The van der Waals surface area contributed by atoms with Crippen molar-refractivity contribution >= 4 is 17.5 Å². The number of hydroxylamine groups is 2. The van der Waals surface area contributed by atoms with Gasteiger partial charge < -0.3 is 0 Å². The molecule has 3 nitrogen and oxygen atoms in total. The van der Waals surface area contributed by atoms with Gasteiger partial charge >= 0.3 is 0 Å². The number of hydrogen-bond donors (Lipinski definition) is 0. The molecule has 0 N–H and O–H groups in total. The van der Waals surface area contributed by atoms with Crippen LogP contribution >= 0.6 is 11.6 Å². The van der Waals surface area contributed by atoms with E-state index in [4.69, 9.17) is 16.4 Å². The number of halogens is 1. The Balaban J connectivity index is 2.20. The van der Waals surface area contributed by atoms with Crippen molar-refractivity contribution in [1.29, 1.82) is 0 Å². The Kier molecular flexibility index (Phi) is 2.93. The van der Waals surface area contributed by atoms with Gasteiger partial charge in [0.1, 0.15) is 6.61 Å². The lowest BCUT2D eigenvalue weighted by molar-refractivity contribution is -0.200. The van der Waals surface area contributed by atoms with Crippen molar-refractivity contribution in [3.63, 3.8) is 0 Å². The second-order valence-corrected chi connectivity index (χ2v) is 3.91. The van der Waals surface area contributed by atoms with E-state index in [0.29, 0.717) is 24.6 Å². The second-order valence-electron chi connectivity index (χ2n) is 3.47. The summed E-state index contributed by atoms with van der Waals surface area (Å²) in [7, 11) is 0. The summed E-state index contributed by atoms with van der Waals surface area (Å²) >= 11 is 5.87. The molecule has 1 aliphatic rings. The third-order valence-electron chi connectivity index (χ3n) is 2.44. The quantitative estimate of drug-likeness (QED) is 0.735. The lowest BCUT2D eigenvalue weighted by atomic mass is 10.1. The van der Waals surface area contributed by atoms with Crippen molar-refractivity contribution in [1.82, 2.24) is 5.06 Å². The normalized spacial score (nSPS) is 14.9. The molecule has 1 heterocycles. The number of carbonyl (C=O) groups excluding carboxylic acids is 1. The first-order chi connectivity index (χ1) is 7.20. The van der Waals surface area contributed by atoms with E-state index >= 15 is 0 Å². The summed E-state index contributed by atoms with van der Waals surface area (Å²) in [4.78, 5) is 16.8. The topological polar surface area (TPSA) is 29.5 Å². The fourth-order valence-electron chi connectivity index (χ4n) is 1.57. The number of fused-ring (bicyclic) bond motifs is 1. The van der Waals surface area contributed by atoms with Gasteiger partial charge in [-0.15, -0.1) is 0 Å². The molecule has 0 bridgehead atoms. The Labute approximate surface area is 93.5 Å². The van der Waals surface area contributed by atoms with Crippen LogP contribution in [0.3, 0.4) is 0 Å². The molecule has 4 heteroatoms. The standard InChI is InChI=1S/C11H12ClNO2/c1-2-11(14)13-6-8-3-4-10(12)5-9(8)7-15-13/h3-5H,2,6-7H2,1H3. The third-order valence-corrected chi connectivity index (χ3v) is 2.67. The largest absolute Gasteiger partial charge is 0.273 e. The molecule has 80 valence electrons. The van der Waals surface area contributed by atoms with E-state index in [1.807, 2.05) is 25.1 Å². The Hall–Kier alpha value is -1.06. The van der Waals surface area contributed by atoms with Gasteiger partial charge in [0, 0.05) is 11.4 Å². The van der Waals surface area contributed by atoms with E-state index < -0.39 is 0 Å². The first-order valence-electron chi connectivity index (χ1n) is 4.91. The fraction of sp³-hybridized carbons (Fsp3) is 0.364. The van der Waals surface area contributed by atoms with Crippen molar-refractivity contribution in [2.24, 2.45) is 0 Å². The average molecular weight is 226 g/mol. The molecular weight excluding hydrogens is 214 g/mol. The highest BCUT2D eigenvalue weighted by Crippen LogP contribution is 2.23. The smallest absolute Gasteiger partial charge is 0.246 e. The van der Waals surface area contributed by atoms with Crippen LogP contribution in [0.15, 0.2) is 18.2 Å². The molecular formula is C11H12ClNO2. The molecule has 0 radical (unpaired) electrons. The molecule has 1 aliphatic heterocycles. The van der Waals surface area contributed by atoms with E-state index in [-0.39, 0.29) is 5.91 Å². The van der Waals surface area contributed by atoms with Crippen LogP contribution < -0.4 is 0 Å². The van der Waals surface area contributed by atoms with E-state index in [1.54, 1.807) is 0 Å². The van der Waals surface area contributed by atoms with Gasteiger partial charge in [-0.1, -0.05) is 24.6 Å². The highest BCUT2D eigenvalue weighted by Gasteiger charge is 2.20. The summed E-state index contributed by atoms with van der Waals surface area (Å²) in [6.07, 6.45) is 0.461. The molecule has 0 saturated carbocycles. The lowest BCUT2D eigenvalue weighted by Crippen LogP contribution is -2.33. The zero-order chi connectivity index (χ0) is 10.8. The molecule has 1 aromatic rings. The van der Waals surface area contributed by atoms with Gasteiger partial charge in [-0.3, -0.25) is 9.63 Å². The zero-order valence-electron chi connectivity index (χ0n) is 8.50. The van der Waals surface area contributed by atoms with Crippen LogP contribution in [-0.2, 0) is 22.8 Å². The summed E-state index contributed by atoms with van der Waals surface area (Å²) in [6, 6.07) is 5.65. The van der Waals surface area contributed by atoms with Crippen molar-refractivity contribution in [2.75, 3.05) is 0 Å². The molecule has 15 heavy (non-hydrogen) atoms. The summed E-state index contributed by atoms with van der Waals surface area (Å²) in [5.41, 5.74) is 2.16. The van der Waals surface area contributed by atoms with Crippen LogP contribution in [0.5, 0.6) is 0 Å². The highest BCUT2D eigenvalue weighted by molar-refractivity contribution is 6.30. The molecule has 0 spiro atoms. The van der Waals surface area contributed by atoms with Gasteiger partial charge in [0.25, 0.3) is 0 Å². The van der Waals surface area contributed by atoms with Gasteiger partial charge in [0.05, 0.1) is 6.54 Å². The van der Waals surface area contributed by atoms with Gasteiger partial charge in [0.15, 0.2) is 0 Å². The van der Waals surface area contributed by atoms with Crippen LogP contribution in [0.25, 0.3) is 0 Å². The first-order valence-corrected chi connectivity index (χ1v) is 5.29. The molecule has 0 unspecified atom stereocenters. The van der Waals surface area contributed by atoms with Crippen LogP contribution in [0.1, 0.15) is 24.5 Å². The summed E-state index contributed by atoms with van der Waals surface area (Å²) in [6.45, 7) is 2.75. The predicted octanol–water partition coefficient (Wildman–Crippen LogP) is 2.52. The van der Waals surface area contributed by atoms with E-state index in [1.165, 1.54) is 5.06 Å². The molecule has 0 atom stereocenters. The van der Waals surface area contributed by atoms with E-state index in [0.717, 1.165) is 11.1 Å². The van der Waals surface area contributed by atoms with Crippen LogP contribution in [0.4, 0.5) is 0 Å². The van der Waals surface area contributed by atoms with Gasteiger partial charge in [-0.05, 0) is 23.3 Å². The van der Waals surface area contributed by atoms with Gasteiger partial charge in [-0.25, -0.2) is 5.06 Å². The minimum absolute atomic E-state index is 0.00981. The molecule has 1 amide bonds. The maximum absolute atomic E-state index is 11.4. The van der Waals surface area contributed by atoms with Crippen LogP contribution in [0.2, 0.25) is 5.02 Å². The molecule has 0 aliphatic carbocycles. The second kappa shape index (κ2) is 4.21. The van der Waals surface area contributed by atoms with Gasteiger partial charge in [0.2, 0.25) is 5.91 Å².